The van der Waals surface area contributed by atoms with Crippen LogP contribution in [0.1, 0.15) is 18.7 Å². The highest BCUT2D eigenvalue weighted by atomic mass is 32.2. The van der Waals surface area contributed by atoms with Gasteiger partial charge < -0.3 is 10.1 Å². The van der Waals surface area contributed by atoms with Crippen LogP contribution in [-0.4, -0.2) is 20.1 Å². The molecule has 2 aromatic rings. The first kappa shape index (κ1) is 11.8. The molecule has 0 saturated carbocycles. The lowest BCUT2D eigenvalue weighted by Crippen LogP contribution is -2.05. The highest BCUT2D eigenvalue weighted by molar-refractivity contribution is 7.99. The zero-order chi connectivity index (χ0) is 12.3. The van der Waals surface area contributed by atoms with Gasteiger partial charge in [0.05, 0.1) is 11.8 Å². The predicted octanol–water partition coefficient (Wildman–Crippen LogP) is 1.37. The van der Waals surface area contributed by atoms with Gasteiger partial charge in [-0.1, -0.05) is 11.8 Å². The number of aliphatic hydroxyl groups excluding tert-OH is 1. The van der Waals surface area contributed by atoms with Crippen molar-refractivity contribution in [1.29, 1.82) is 0 Å². The molecule has 0 fully saturated rings. The third kappa shape index (κ3) is 3.15. The van der Waals surface area contributed by atoms with Gasteiger partial charge in [-0.2, -0.15) is 0 Å². The Morgan fingerprint density at radius 3 is 2.76 bits per heavy atom. The third-order valence-electron chi connectivity index (χ3n) is 2.05. The lowest BCUT2D eigenvalue weighted by molar-refractivity contribution is 0.194. The quantitative estimate of drug-likeness (QED) is 0.803. The molecule has 1 atom stereocenters. The summed E-state index contributed by atoms with van der Waals surface area (Å²) < 4.78 is 0. The van der Waals surface area contributed by atoms with Crippen LogP contribution >= 0.6 is 11.8 Å². The van der Waals surface area contributed by atoms with E-state index in [0.29, 0.717) is 10.9 Å². The van der Waals surface area contributed by atoms with Crippen LogP contribution in [0.5, 0.6) is 0 Å². The lowest BCUT2D eigenvalue weighted by atomic mass is 10.2. The molecule has 0 bridgehead atoms. The van der Waals surface area contributed by atoms with Gasteiger partial charge in [0.1, 0.15) is 0 Å². The molecule has 2 rings (SSSR count). The summed E-state index contributed by atoms with van der Waals surface area (Å²) in [5.74, 6) is 0. The fraction of sp³-hybridized carbons (Fsp3) is 0.182. The molecule has 17 heavy (non-hydrogen) atoms. The van der Waals surface area contributed by atoms with Crippen molar-refractivity contribution in [3.8, 4) is 0 Å². The first-order chi connectivity index (χ1) is 8.15. The summed E-state index contributed by atoms with van der Waals surface area (Å²) in [5, 5.41) is 9.83. The largest absolute Gasteiger partial charge is 0.387 e. The van der Waals surface area contributed by atoms with Gasteiger partial charge in [0.15, 0.2) is 5.16 Å². The minimum atomic E-state index is -0.580. The van der Waals surface area contributed by atoms with Crippen LogP contribution in [0.2, 0.25) is 0 Å². The normalized spacial score (nSPS) is 12.4. The Bertz CT molecular complexity index is 551. The van der Waals surface area contributed by atoms with Gasteiger partial charge in [-0.05, 0) is 19.1 Å². The van der Waals surface area contributed by atoms with Gasteiger partial charge in [-0.25, -0.2) is 4.98 Å². The van der Waals surface area contributed by atoms with Crippen LogP contribution in [0.15, 0.2) is 45.4 Å². The van der Waals surface area contributed by atoms with E-state index in [1.54, 1.807) is 19.2 Å². The Hall–Kier alpha value is -1.66. The van der Waals surface area contributed by atoms with E-state index in [0.717, 1.165) is 4.90 Å². The van der Waals surface area contributed by atoms with Crippen molar-refractivity contribution in [2.75, 3.05) is 0 Å². The van der Waals surface area contributed by atoms with E-state index in [9.17, 15) is 9.90 Å². The fourth-order valence-corrected chi connectivity index (χ4v) is 1.94. The molecule has 0 saturated heterocycles. The van der Waals surface area contributed by atoms with E-state index < -0.39 is 6.10 Å². The second-order valence-corrected chi connectivity index (χ2v) is 4.50. The molecule has 0 radical (unpaired) electrons. The summed E-state index contributed by atoms with van der Waals surface area (Å²) in [5.41, 5.74) is 0.430. The molecule has 0 spiro atoms. The number of aromatic amines is 1. The molecular weight excluding hydrogens is 238 g/mol. The molecule has 2 aromatic heterocycles. The standard InChI is InChI=1S/C11H11N3O2S/c1-7(15)9-3-2-8(6-13-9)17-11-12-5-4-10(16)14-11/h2-7,15H,1H3,(H,12,14,16)/t7-/m1/s1. The van der Waals surface area contributed by atoms with Crippen molar-refractivity contribution in [2.24, 2.45) is 0 Å². The predicted molar refractivity (Wildman–Crippen MR) is 63.9 cm³/mol. The monoisotopic (exact) mass is 249 g/mol. The van der Waals surface area contributed by atoms with Crippen molar-refractivity contribution < 1.29 is 5.11 Å². The van der Waals surface area contributed by atoms with Gasteiger partial charge in [0.25, 0.3) is 5.56 Å². The minimum Gasteiger partial charge on any atom is -0.387 e. The SMILES string of the molecule is C[C@@H](O)c1ccc(Sc2nccc(=O)[nH]2)cn1. The molecule has 88 valence electrons. The average molecular weight is 249 g/mol. The molecule has 0 aliphatic heterocycles. The Labute approximate surface area is 102 Å². The number of H-pyrrole nitrogens is 1. The van der Waals surface area contributed by atoms with Gasteiger partial charge in [0, 0.05) is 23.4 Å². The highest BCUT2D eigenvalue weighted by Gasteiger charge is 2.04. The molecule has 5 nitrogen and oxygen atoms in total. The van der Waals surface area contributed by atoms with E-state index in [1.165, 1.54) is 24.0 Å². The highest BCUT2D eigenvalue weighted by Crippen LogP contribution is 2.23. The maximum absolute atomic E-state index is 11.1. The first-order valence-electron chi connectivity index (χ1n) is 5.02. The summed E-state index contributed by atoms with van der Waals surface area (Å²) in [7, 11) is 0. The van der Waals surface area contributed by atoms with Crippen molar-refractivity contribution >= 4 is 11.8 Å². The van der Waals surface area contributed by atoms with Crippen molar-refractivity contribution in [3.63, 3.8) is 0 Å². The van der Waals surface area contributed by atoms with E-state index >= 15 is 0 Å². The molecule has 0 aliphatic rings. The summed E-state index contributed by atoms with van der Waals surface area (Å²) >= 11 is 1.31. The fourth-order valence-electron chi connectivity index (χ4n) is 1.21. The van der Waals surface area contributed by atoms with Crippen molar-refractivity contribution in [1.82, 2.24) is 15.0 Å². The van der Waals surface area contributed by atoms with Crippen LogP contribution in [0, 0.1) is 0 Å². The van der Waals surface area contributed by atoms with Crippen molar-refractivity contribution in [2.45, 2.75) is 23.1 Å². The van der Waals surface area contributed by atoms with Crippen molar-refractivity contribution in [3.05, 3.63) is 46.6 Å². The second-order valence-electron chi connectivity index (χ2n) is 3.44. The van der Waals surface area contributed by atoms with Gasteiger partial charge >= 0.3 is 0 Å². The second kappa shape index (κ2) is 5.11. The molecule has 0 amide bonds. The van der Waals surface area contributed by atoms with E-state index in [2.05, 4.69) is 15.0 Å². The van der Waals surface area contributed by atoms with Crippen LogP contribution in [0.3, 0.4) is 0 Å². The maximum atomic E-state index is 11.1. The topological polar surface area (TPSA) is 78.9 Å². The van der Waals surface area contributed by atoms with Crippen LogP contribution in [0.25, 0.3) is 0 Å². The molecule has 2 heterocycles. The number of aliphatic hydroxyl groups is 1. The summed E-state index contributed by atoms with van der Waals surface area (Å²) in [6.45, 7) is 1.66. The number of pyridine rings is 1. The number of rotatable bonds is 3. The zero-order valence-corrected chi connectivity index (χ0v) is 9.94. The van der Waals surface area contributed by atoms with Crippen LogP contribution in [-0.2, 0) is 0 Å². The molecular formula is C11H11N3O2S. The molecule has 0 aromatic carbocycles. The summed E-state index contributed by atoms with van der Waals surface area (Å²) in [4.78, 5) is 22.7. The molecule has 6 heteroatoms. The van der Waals surface area contributed by atoms with Gasteiger partial charge in [-0.15, -0.1) is 0 Å². The van der Waals surface area contributed by atoms with Crippen LogP contribution in [0.4, 0.5) is 0 Å². The Balaban J connectivity index is 2.16. The summed E-state index contributed by atoms with van der Waals surface area (Å²) in [6, 6.07) is 4.93. The maximum Gasteiger partial charge on any atom is 0.251 e. The number of nitrogens with one attached hydrogen (secondary N) is 1. The Kier molecular flexibility index (Phi) is 3.55. The van der Waals surface area contributed by atoms with Gasteiger partial charge in [0.2, 0.25) is 0 Å². The smallest absolute Gasteiger partial charge is 0.251 e. The van der Waals surface area contributed by atoms with E-state index in [4.69, 9.17) is 0 Å². The van der Waals surface area contributed by atoms with Crippen LogP contribution < -0.4 is 5.56 Å². The first-order valence-corrected chi connectivity index (χ1v) is 5.84. The third-order valence-corrected chi connectivity index (χ3v) is 2.93. The zero-order valence-electron chi connectivity index (χ0n) is 9.12. The Morgan fingerprint density at radius 2 is 2.18 bits per heavy atom. The number of hydrogen-bond donors (Lipinski definition) is 2. The number of nitrogens with zero attached hydrogens (tertiary/aromatic N) is 2. The summed E-state index contributed by atoms with van der Waals surface area (Å²) in [6.07, 6.45) is 2.52. The van der Waals surface area contributed by atoms with E-state index in [1.807, 2.05) is 6.07 Å². The average Bonchev–Trinajstić information content (AvgIpc) is 2.29. The van der Waals surface area contributed by atoms with Gasteiger partial charge in [-0.3, -0.25) is 9.78 Å². The number of hydrogen-bond acceptors (Lipinski definition) is 5. The number of aromatic nitrogens is 3. The molecule has 2 N–H and O–H groups in total. The molecule has 0 unspecified atom stereocenters. The Morgan fingerprint density at radius 1 is 1.35 bits per heavy atom. The van der Waals surface area contributed by atoms with E-state index in [-0.39, 0.29) is 5.56 Å². The molecule has 0 aliphatic carbocycles. The lowest BCUT2D eigenvalue weighted by Gasteiger charge is -2.04. The minimum absolute atomic E-state index is 0.184.